The number of aryl methyl sites for hydroxylation is 1. The molecule has 2 N–H and O–H groups in total. The molecule has 1 aliphatic rings. The summed E-state index contributed by atoms with van der Waals surface area (Å²) in [6.07, 6.45) is 4.66. The van der Waals surface area contributed by atoms with E-state index >= 15 is 0 Å². The largest absolute Gasteiger partial charge is 0.361 e. The molecular formula is C14H18N2. The van der Waals surface area contributed by atoms with E-state index in [4.69, 9.17) is 0 Å². The first-order chi connectivity index (χ1) is 7.86. The lowest BCUT2D eigenvalue weighted by Crippen LogP contribution is -2.26. The summed E-state index contributed by atoms with van der Waals surface area (Å²) in [6, 6.07) is 6.65. The van der Waals surface area contributed by atoms with Crippen molar-refractivity contribution in [1.82, 2.24) is 10.3 Å². The Hall–Kier alpha value is -1.28. The summed E-state index contributed by atoms with van der Waals surface area (Å²) in [5.41, 5.74) is 4.20. The topological polar surface area (TPSA) is 27.8 Å². The van der Waals surface area contributed by atoms with Crippen molar-refractivity contribution >= 4 is 10.9 Å². The average Bonchev–Trinajstić information content (AvgIpc) is 2.73. The maximum atomic E-state index is 3.43. The molecule has 2 heteroatoms. The van der Waals surface area contributed by atoms with Gasteiger partial charge in [-0.3, -0.25) is 0 Å². The molecular weight excluding hydrogens is 196 g/mol. The third kappa shape index (κ3) is 1.54. The average molecular weight is 214 g/mol. The maximum Gasteiger partial charge on any atom is 0.0459 e. The van der Waals surface area contributed by atoms with E-state index in [1.54, 1.807) is 0 Å². The van der Waals surface area contributed by atoms with E-state index in [2.05, 4.69) is 41.6 Å². The van der Waals surface area contributed by atoms with Gasteiger partial charge < -0.3 is 10.3 Å². The highest BCUT2D eigenvalue weighted by Gasteiger charge is 2.18. The number of rotatable bonds is 1. The molecule has 0 radical (unpaired) electrons. The molecule has 2 nitrogen and oxygen atoms in total. The summed E-state index contributed by atoms with van der Waals surface area (Å²) in [5.74, 6) is 0.736. The highest BCUT2D eigenvalue weighted by Crippen LogP contribution is 2.32. The van der Waals surface area contributed by atoms with Gasteiger partial charge in [0.2, 0.25) is 0 Å². The van der Waals surface area contributed by atoms with E-state index in [-0.39, 0.29) is 0 Å². The quantitative estimate of drug-likeness (QED) is 0.750. The second-order valence-corrected chi connectivity index (χ2v) is 4.77. The summed E-state index contributed by atoms with van der Waals surface area (Å²) < 4.78 is 0. The van der Waals surface area contributed by atoms with Gasteiger partial charge >= 0.3 is 0 Å². The Labute approximate surface area is 96.1 Å². The number of aromatic nitrogens is 1. The minimum atomic E-state index is 0.736. The first kappa shape index (κ1) is 9.91. The number of nitrogens with one attached hydrogen (secondary N) is 2. The van der Waals surface area contributed by atoms with Crippen LogP contribution in [0.25, 0.3) is 10.9 Å². The van der Waals surface area contributed by atoms with E-state index in [0.29, 0.717) is 0 Å². The van der Waals surface area contributed by atoms with Gasteiger partial charge in [0.1, 0.15) is 0 Å². The summed E-state index contributed by atoms with van der Waals surface area (Å²) in [4.78, 5) is 3.35. The van der Waals surface area contributed by atoms with Crippen molar-refractivity contribution in [3.63, 3.8) is 0 Å². The van der Waals surface area contributed by atoms with Crippen molar-refractivity contribution in [3.8, 4) is 0 Å². The normalized spacial score (nSPS) is 18.1. The lowest BCUT2D eigenvalue weighted by atomic mass is 9.87. The van der Waals surface area contributed by atoms with Gasteiger partial charge in [-0.1, -0.05) is 12.1 Å². The molecule has 0 bridgehead atoms. The molecule has 0 unspecified atom stereocenters. The summed E-state index contributed by atoms with van der Waals surface area (Å²) >= 11 is 0. The van der Waals surface area contributed by atoms with Crippen LogP contribution in [0.1, 0.15) is 29.9 Å². The maximum absolute atomic E-state index is 3.43. The third-order valence-electron chi connectivity index (χ3n) is 3.71. The van der Waals surface area contributed by atoms with Gasteiger partial charge in [-0.15, -0.1) is 0 Å². The molecule has 1 fully saturated rings. The molecule has 0 spiro atoms. The molecule has 3 rings (SSSR count). The molecule has 84 valence electrons. The van der Waals surface area contributed by atoms with Crippen molar-refractivity contribution in [3.05, 3.63) is 35.5 Å². The van der Waals surface area contributed by atoms with Crippen molar-refractivity contribution in [1.29, 1.82) is 0 Å². The minimum Gasteiger partial charge on any atom is -0.361 e. The monoisotopic (exact) mass is 214 g/mol. The van der Waals surface area contributed by atoms with E-state index in [1.807, 2.05) is 0 Å². The molecule has 1 aliphatic heterocycles. The summed E-state index contributed by atoms with van der Waals surface area (Å²) in [6.45, 7) is 4.51. The van der Waals surface area contributed by atoms with Gasteiger partial charge in [-0.25, -0.2) is 0 Å². The van der Waals surface area contributed by atoms with Crippen LogP contribution in [0.4, 0.5) is 0 Å². The Balaban J connectivity index is 2.10. The second-order valence-electron chi connectivity index (χ2n) is 4.77. The molecule has 2 heterocycles. The third-order valence-corrected chi connectivity index (χ3v) is 3.71. The van der Waals surface area contributed by atoms with Crippen molar-refractivity contribution < 1.29 is 0 Å². The minimum absolute atomic E-state index is 0.736. The standard InChI is InChI=1S/C14H18N2/c1-10-9-16-13-4-2-3-12(14(10)13)11-5-7-15-8-6-11/h2-4,9,11,15-16H,5-8H2,1H3. The number of piperidine rings is 1. The SMILES string of the molecule is Cc1c[nH]c2cccc(C3CCNCC3)c12. The molecule has 2 aromatic rings. The van der Waals surface area contributed by atoms with Crippen molar-refractivity contribution in [2.75, 3.05) is 13.1 Å². The summed E-state index contributed by atoms with van der Waals surface area (Å²) in [7, 11) is 0. The lowest BCUT2D eigenvalue weighted by Gasteiger charge is -2.23. The van der Waals surface area contributed by atoms with Crippen LogP contribution in [0.15, 0.2) is 24.4 Å². The zero-order chi connectivity index (χ0) is 11.0. The molecule has 1 aromatic heterocycles. The Morgan fingerprint density at radius 1 is 1.19 bits per heavy atom. The second kappa shape index (κ2) is 3.95. The number of hydrogen-bond acceptors (Lipinski definition) is 1. The van der Waals surface area contributed by atoms with Crippen LogP contribution in [0.3, 0.4) is 0 Å². The van der Waals surface area contributed by atoms with E-state index < -0.39 is 0 Å². The Kier molecular flexibility index (Phi) is 2.44. The van der Waals surface area contributed by atoms with Crippen LogP contribution in [0.2, 0.25) is 0 Å². The molecule has 1 saturated heterocycles. The zero-order valence-electron chi connectivity index (χ0n) is 9.72. The van der Waals surface area contributed by atoms with Gasteiger partial charge in [0.15, 0.2) is 0 Å². The number of H-pyrrole nitrogens is 1. The first-order valence-electron chi connectivity index (χ1n) is 6.13. The fourth-order valence-corrected chi connectivity index (χ4v) is 2.86. The van der Waals surface area contributed by atoms with Crippen molar-refractivity contribution in [2.24, 2.45) is 0 Å². The number of benzene rings is 1. The van der Waals surface area contributed by atoms with Crippen LogP contribution in [0.5, 0.6) is 0 Å². The van der Waals surface area contributed by atoms with Gasteiger partial charge in [0.25, 0.3) is 0 Å². The fraction of sp³-hybridized carbons (Fsp3) is 0.429. The molecule has 0 amide bonds. The zero-order valence-corrected chi connectivity index (χ0v) is 9.72. The molecule has 16 heavy (non-hydrogen) atoms. The highest BCUT2D eigenvalue weighted by molar-refractivity contribution is 5.86. The number of fused-ring (bicyclic) bond motifs is 1. The number of aromatic amines is 1. The van der Waals surface area contributed by atoms with Gasteiger partial charge in [-0.05, 0) is 56.0 Å². The fourth-order valence-electron chi connectivity index (χ4n) is 2.86. The smallest absolute Gasteiger partial charge is 0.0459 e. The molecule has 0 saturated carbocycles. The highest BCUT2D eigenvalue weighted by atomic mass is 14.9. The van der Waals surface area contributed by atoms with Gasteiger partial charge in [0.05, 0.1) is 0 Å². The van der Waals surface area contributed by atoms with E-state index in [0.717, 1.165) is 19.0 Å². The predicted molar refractivity (Wildman–Crippen MR) is 67.9 cm³/mol. The molecule has 0 atom stereocenters. The Morgan fingerprint density at radius 2 is 2.00 bits per heavy atom. The van der Waals surface area contributed by atoms with E-state index in [9.17, 15) is 0 Å². The van der Waals surface area contributed by atoms with Crippen LogP contribution in [-0.2, 0) is 0 Å². The Bertz CT molecular complexity index is 492. The lowest BCUT2D eigenvalue weighted by molar-refractivity contribution is 0.462. The van der Waals surface area contributed by atoms with Crippen molar-refractivity contribution in [2.45, 2.75) is 25.7 Å². The van der Waals surface area contributed by atoms with Gasteiger partial charge in [0, 0.05) is 17.1 Å². The number of hydrogen-bond donors (Lipinski definition) is 2. The van der Waals surface area contributed by atoms with Gasteiger partial charge in [-0.2, -0.15) is 0 Å². The van der Waals surface area contributed by atoms with Crippen LogP contribution < -0.4 is 5.32 Å². The van der Waals surface area contributed by atoms with Crippen LogP contribution in [0, 0.1) is 6.92 Å². The summed E-state index contributed by atoms with van der Waals surface area (Å²) in [5, 5.41) is 4.89. The predicted octanol–water partition coefficient (Wildman–Crippen LogP) is 2.94. The Morgan fingerprint density at radius 3 is 2.81 bits per heavy atom. The van der Waals surface area contributed by atoms with Crippen LogP contribution in [-0.4, -0.2) is 18.1 Å². The molecule has 1 aromatic carbocycles. The van der Waals surface area contributed by atoms with Crippen LogP contribution >= 0.6 is 0 Å². The first-order valence-corrected chi connectivity index (χ1v) is 6.13. The van der Waals surface area contributed by atoms with E-state index in [1.165, 1.54) is 34.9 Å². The molecule has 0 aliphatic carbocycles.